The van der Waals surface area contributed by atoms with Gasteiger partial charge in [0.25, 0.3) is 5.91 Å². The van der Waals surface area contributed by atoms with E-state index in [1.807, 2.05) is 17.0 Å². The van der Waals surface area contributed by atoms with Gasteiger partial charge in [0.15, 0.2) is 0 Å². The van der Waals surface area contributed by atoms with Gasteiger partial charge in [-0.25, -0.2) is 0 Å². The van der Waals surface area contributed by atoms with Gasteiger partial charge in [-0.2, -0.15) is 0 Å². The average molecular weight is 376 g/mol. The molecule has 0 atom stereocenters. The average Bonchev–Trinajstić information content (AvgIpc) is 3.12. The highest BCUT2D eigenvalue weighted by molar-refractivity contribution is 5.98. The van der Waals surface area contributed by atoms with Crippen LogP contribution in [0, 0.1) is 0 Å². The summed E-state index contributed by atoms with van der Waals surface area (Å²) in [5.74, 6) is -0.300. The third-order valence-electron chi connectivity index (χ3n) is 5.37. The number of nitrogens with two attached hydrogens (primary N) is 1. The van der Waals surface area contributed by atoms with E-state index in [-0.39, 0.29) is 5.91 Å². The number of hydrogen-bond donors (Lipinski definition) is 2. The summed E-state index contributed by atoms with van der Waals surface area (Å²) in [6.07, 6.45) is 0. The van der Waals surface area contributed by atoms with Gasteiger partial charge in [0, 0.05) is 50.6 Å². The number of benzene rings is 2. The molecule has 3 N–H and O–H groups in total. The lowest BCUT2D eigenvalue weighted by Crippen LogP contribution is -2.47. The number of piperazine rings is 1. The molecule has 0 aliphatic carbocycles. The summed E-state index contributed by atoms with van der Waals surface area (Å²) in [6.45, 7) is 5.89. The Morgan fingerprint density at radius 1 is 1.00 bits per heavy atom. The number of carbonyl (C=O) groups is 2. The van der Waals surface area contributed by atoms with Crippen LogP contribution in [0.1, 0.15) is 23.0 Å². The lowest BCUT2D eigenvalue weighted by Gasteiger charge is -2.34. The molecule has 0 spiro atoms. The number of fused-ring (bicyclic) bond motifs is 1. The normalized spacial score (nSPS) is 15.1. The van der Waals surface area contributed by atoms with Crippen molar-refractivity contribution in [2.75, 3.05) is 26.2 Å². The number of hydrogen-bond acceptors (Lipinski definition) is 3. The van der Waals surface area contributed by atoms with Crippen molar-refractivity contribution < 1.29 is 9.59 Å². The monoisotopic (exact) mass is 376 g/mol. The Kier molecular flexibility index (Phi) is 4.88. The molecule has 1 aliphatic heterocycles. The van der Waals surface area contributed by atoms with Crippen LogP contribution in [-0.4, -0.2) is 52.8 Å². The highest BCUT2D eigenvalue weighted by atomic mass is 16.2. The maximum Gasteiger partial charge on any atom is 0.265 e. The van der Waals surface area contributed by atoms with E-state index in [0.29, 0.717) is 5.69 Å². The molecule has 1 aromatic heterocycles. The summed E-state index contributed by atoms with van der Waals surface area (Å²) < 4.78 is 0. The number of rotatable bonds is 4. The van der Waals surface area contributed by atoms with E-state index in [4.69, 9.17) is 5.73 Å². The Balaban J connectivity index is 1.51. The van der Waals surface area contributed by atoms with Crippen molar-refractivity contribution in [2.45, 2.75) is 13.5 Å². The number of amides is 2. The van der Waals surface area contributed by atoms with Gasteiger partial charge in [-0.1, -0.05) is 24.3 Å². The zero-order chi connectivity index (χ0) is 19.7. The van der Waals surface area contributed by atoms with Crippen molar-refractivity contribution in [3.05, 3.63) is 59.8 Å². The molecule has 1 fully saturated rings. The van der Waals surface area contributed by atoms with Crippen LogP contribution < -0.4 is 5.73 Å². The molecule has 4 rings (SSSR count). The number of carbonyl (C=O) groups excluding carboxylic acids is 2. The fourth-order valence-corrected chi connectivity index (χ4v) is 3.77. The topological polar surface area (TPSA) is 82.4 Å². The molecule has 1 saturated heterocycles. The second kappa shape index (κ2) is 7.48. The second-order valence-electron chi connectivity index (χ2n) is 7.33. The molecule has 6 nitrogen and oxygen atoms in total. The Morgan fingerprint density at radius 3 is 2.46 bits per heavy atom. The van der Waals surface area contributed by atoms with Crippen molar-refractivity contribution in [3.8, 4) is 11.1 Å². The molecule has 1 aliphatic rings. The fraction of sp³-hybridized carbons (Fsp3) is 0.273. The van der Waals surface area contributed by atoms with Crippen LogP contribution in [0.25, 0.3) is 22.0 Å². The molecule has 2 heterocycles. The van der Waals surface area contributed by atoms with Crippen LogP contribution in [0.2, 0.25) is 0 Å². The number of primary amides is 1. The first kappa shape index (κ1) is 18.3. The van der Waals surface area contributed by atoms with Gasteiger partial charge in [-0.05, 0) is 41.0 Å². The predicted molar refractivity (Wildman–Crippen MR) is 110 cm³/mol. The van der Waals surface area contributed by atoms with Crippen molar-refractivity contribution in [1.29, 1.82) is 0 Å². The summed E-state index contributed by atoms with van der Waals surface area (Å²) in [6, 6.07) is 16.4. The van der Waals surface area contributed by atoms with Gasteiger partial charge in [0.05, 0.1) is 0 Å². The summed E-state index contributed by atoms with van der Waals surface area (Å²) >= 11 is 0. The summed E-state index contributed by atoms with van der Waals surface area (Å²) in [5, 5.41) is 0.969. The van der Waals surface area contributed by atoms with Crippen LogP contribution in [0.4, 0.5) is 0 Å². The highest BCUT2D eigenvalue weighted by Crippen LogP contribution is 2.26. The maximum atomic E-state index is 11.5. The van der Waals surface area contributed by atoms with Crippen molar-refractivity contribution >= 4 is 22.7 Å². The SMILES string of the molecule is CC(=O)N1CCN(Cc2cccc(-c3ccc4[nH]c(C(N)=O)cc4c3)c2)CC1. The summed E-state index contributed by atoms with van der Waals surface area (Å²) in [5.41, 5.74) is 10.2. The van der Waals surface area contributed by atoms with Crippen LogP contribution in [0.5, 0.6) is 0 Å². The number of nitrogens with one attached hydrogen (secondary N) is 1. The minimum absolute atomic E-state index is 0.154. The van der Waals surface area contributed by atoms with Gasteiger partial charge in [-0.15, -0.1) is 0 Å². The Bertz CT molecular complexity index is 1030. The first-order valence-corrected chi connectivity index (χ1v) is 9.49. The second-order valence-corrected chi connectivity index (χ2v) is 7.33. The van der Waals surface area contributed by atoms with Gasteiger partial charge >= 0.3 is 0 Å². The largest absolute Gasteiger partial charge is 0.364 e. The number of aromatic amines is 1. The Hall–Kier alpha value is -3.12. The molecule has 144 valence electrons. The lowest BCUT2D eigenvalue weighted by atomic mass is 10.0. The zero-order valence-electron chi connectivity index (χ0n) is 15.9. The van der Waals surface area contributed by atoms with E-state index in [1.54, 1.807) is 13.0 Å². The quantitative estimate of drug-likeness (QED) is 0.734. The van der Waals surface area contributed by atoms with Crippen molar-refractivity contribution in [3.63, 3.8) is 0 Å². The lowest BCUT2D eigenvalue weighted by molar-refractivity contribution is -0.130. The predicted octanol–water partition coefficient (Wildman–Crippen LogP) is 2.60. The van der Waals surface area contributed by atoms with Crippen LogP contribution in [0.3, 0.4) is 0 Å². The number of H-pyrrole nitrogens is 1. The third-order valence-corrected chi connectivity index (χ3v) is 5.37. The zero-order valence-corrected chi connectivity index (χ0v) is 15.9. The summed E-state index contributed by atoms with van der Waals surface area (Å²) in [4.78, 5) is 30.2. The van der Waals surface area contributed by atoms with Crippen molar-refractivity contribution in [1.82, 2.24) is 14.8 Å². The molecule has 3 aromatic rings. The van der Waals surface area contributed by atoms with E-state index < -0.39 is 5.91 Å². The van der Waals surface area contributed by atoms with Crippen LogP contribution >= 0.6 is 0 Å². The van der Waals surface area contributed by atoms with Gasteiger partial charge in [0.1, 0.15) is 5.69 Å². The van der Waals surface area contributed by atoms with E-state index in [1.165, 1.54) is 5.56 Å². The molecule has 0 radical (unpaired) electrons. The van der Waals surface area contributed by atoms with Crippen LogP contribution in [0.15, 0.2) is 48.5 Å². The molecule has 0 saturated carbocycles. The molecule has 0 bridgehead atoms. The minimum atomic E-state index is -0.454. The highest BCUT2D eigenvalue weighted by Gasteiger charge is 2.18. The van der Waals surface area contributed by atoms with Crippen LogP contribution in [-0.2, 0) is 11.3 Å². The maximum absolute atomic E-state index is 11.5. The molecular weight excluding hydrogens is 352 g/mol. The Morgan fingerprint density at radius 2 is 1.75 bits per heavy atom. The first-order valence-electron chi connectivity index (χ1n) is 9.49. The minimum Gasteiger partial charge on any atom is -0.364 e. The standard InChI is InChI=1S/C22H24N4O2/c1-15(27)26-9-7-25(8-10-26)14-16-3-2-4-17(11-16)18-5-6-20-19(12-18)13-21(24-20)22(23)28/h2-6,11-13,24H,7-10,14H2,1H3,(H2,23,28). The first-order chi connectivity index (χ1) is 13.5. The molecule has 0 unspecified atom stereocenters. The van der Waals surface area contributed by atoms with Gasteiger partial charge < -0.3 is 15.6 Å². The molecule has 2 amide bonds. The van der Waals surface area contributed by atoms with E-state index >= 15 is 0 Å². The smallest absolute Gasteiger partial charge is 0.265 e. The van der Waals surface area contributed by atoms with E-state index in [2.05, 4.69) is 40.2 Å². The Labute approximate surface area is 163 Å². The van der Waals surface area contributed by atoms with Gasteiger partial charge in [0.2, 0.25) is 5.91 Å². The molecule has 28 heavy (non-hydrogen) atoms. The summed E-state index contributed by atoms with van der Waals surface area (Å²) in [7, 11) is 0. The van der Waals surface area contributed by atoms with Gasteiger partial charge in [-0.3, -0.25) is 14.5 Å². The molecular formula is C22H24N4O2. The number of aromatic nitrogens is 1. The van der Waals surface area contributed by atoms with E-state index in [0.717, 1.165) is 54.8 Å². The number of nitrogens with zero attached hydrogens (tertiary/aromatic N) is 2. The molecule has 2 aromatic carbocycles. The fourth-order valence-electron chi connectivity index (χ4n) is 3.77. The van der Waals surface area contributed by atoms with E-state index in [9.17, 15) is 9.59 Å². The molecule has 6 heteroatoms. The third kappa shape index (κ3) is 3.77. The van der Waals surface area contributed by atoms with Crippen molar-refractivity contribution in [2.24, 2.45) is 5.73 Å².